The highest BCUT2D eigenvalue weighted by Gasteiger charge is 2.32. The summed E-state index contributed by atoms with van der Waals surface area (Å²) in [6, 6.07) is 3.57. The number of aryl methyl sites for hydroxylation is 3. The lowest BCUT2D eigenvalue weighted by Crippen LogP contribution is -2.43. The molecule has 0 bridgehead atoms. The van der Waals surface area contributed by atoms with Crippen molar-refractivity contribution in [3.63, 3.8) is 0 Å². The number of nitrogens with zero attached hydrogens (tertiary/aromatic N) is 2. The molecule has 1 amide bonds. The van der Waals surface area contributed by atoms with Crippen molar-refractivity contribution in [2.75, 3.05) is 13.2 Å². The molecule has 0 saturated carbocycles. The Bertz CT molecular complexity index is 852. The van der Waals surface area contributed by atoms with Crippen molar-refractivity contribution in [1.29, 1.82) is 0 Å². The number of hydrogen-bond acceptors (Lipinski definition) is 5. The highest BCUT2D eigenvalue weighted by Crippen LogP contribution is 2.20. The van der Waals surface area contributed by atoms with Gasteiger partial charge in [-0.1, -0.05) is 5.16 Å². The van der Waals surface area contributed by atoms with E-state index in [1.807, 2.05) is 26.0 Å². The van der Waals surface area contributed by atoms with E-state index in [0.29, 0.717) is 25.2 Å². The lowest BCUT2D eigenvalue weighted by Gasteiger charge is -2.19. The van der Waals surface area contributed by atoms with Gasteiger partial charge in [-0.25, -0.2) is 0 Å². The molecule has 1 N–H and O–H groups in total. The highest BCUT2D eigenvalue weighted by molar-refractivity contribution is 5.95. The molecular weight excluding hydrogens is 322 g/mol. The lowest BCUT2D eigenvalue weighted by molar-refractivity contribution is 0.0921. The highest BCUT2D eigenvalue weighted by atomic mass is 16.5. The normalized spacial score (nSPS) is 20.0. The number of ether oxygens (including phenoxy) is 1. The molecule has 1 fully saturated rings. The topological polar surface area (TPSA) is 86.4 Å². The first kappa shape index (κ1) is 17.4. The third kappa shape index (κ3) is 3.51. The fourth-order valence-electron chi connectivity index (χ4n) is 3.23. The summed E-state index contributed by atoms with van der Waals surface area (Å²) in [6.07, 6.45) is 0.636. The second kappa shape index (κ2) is 6.84. The van der Waals surface area contributed by atoms with Crippen LogP contribution in [0.1, 0.15) is 33.1 Å². The van der Waals surface area contributed by atoms with Crippen LogP contribution in [0.3, 0.4) is 0 Å². The molecule has 7 nitrogen and oxygen atoms in total. The van der Waals surface area contributed by atoms with Gasteiger partial charge >= 0.3 is 0 Å². The molecule has 2 atom stereocenters. The maximum absolute atomic E-state index is 12.7. The van der Waals surface area contributed by atoms with Crippen LogP contribution in [-0.4, -0.2) is 34.9 Å². The van der Waals surface area contributed by atoms with Crippen LogP contribution in [0.4, 0.5) is 0 Å². The number of aromatic nitrogens is 2. The van der Waals surface area contributed by atoms with Gasteiger partial charge in [0.05, 0.1) is 24.9 Å². The zero-order chi connectivity index (χ0) is 18.1. The van der Waals surface area contributed by atoms with Gasteiger partial charge in [-0.15, -0.1) is 0 Å². The Hall–Kier alpha value is -2.41. The van der Waals surface area contributed by atoms with Crippen molar-refractivity contribution in [3.05, 3.63) is 50.8 Å². The first-order chi connectivity index (χ1) is 11.9. The maximum atomic E-state index is 12.7. The van der Waals surface area contributed by atoms with Gasteiger partial charge in [0.25, 0.3) is 11.5 Å². The third-order valence-electron chi connectivity index (χ3n) is 4.75. The molecule has 25 heavy (non-hydrogen) atoms. The van der Waals surface area contributed by atoms with Gasteiger partial charge in [-0.3, -0.25) is 9.59 Å². The summed E-state index contributed by atoms with van der Waals surface area (Å²) in [5.74, 6) is 0.507. The Kier molecular flexibility index (Phi) is 4.76. The number of pyridine rings is 1. The maximum Gasteiger partial charge on any atom is 0.263 e. The number of amides is 1. The van der Waals surface area contributed by atoms with Gasteiger partial charge < -0.3 is 19.1 Å². The van der Waals surface area contributed by atoms with E-state index in [1.165, 1.54) is 4.57 Å². The molecule has 0 unspecified atom stereocenters. The number of carbonyl (C=O) groups is 1. The van der Waals surface area contributed by atoms with Crippen LogP contribution in [-0.2, 0) is 18.2 Å². The lowest BCUT2D eigenvalue weighted by atomic mass is 9.97. The molecule has 2 aromatic heterocycles. The molecule has 0 spiro atoms. The third-order valence-corrected chi connectivity index (χ3v) is 4.75. The minimum absolute atomic E-state index is 0.0888. The average Bonchev–Trinajstić information content (AvgIpc) is 3.15. The molecule has 0 aromatic carbocycles. The van der Waals surface area contributed by atoms with Crippen LogP contribution < -0.4 is 10.9 Å². The summed E-state index contributed by atoms with van der Waals surface area (Å²) in [4.78, 5) is 25.1. The number of hydrogen-bond donors (Lipinski definition) is 1. The van der Waals surface area contributed by atoms with Crippen molar-refractivity contribution in [3.8, 4) is 0 Å². The molecule has 134 valence electrons. The van der Waals surface area contributed by atoms with Crippen LogP contribution in [0, 0.1) is 26.7 Å². The second-order valence-corrected chi connectivity index (χ2v) is 6.72. The molecule has 0 aliphatic carbocycles. The van der Waals surface area contributed by atoms with E-state index >= 15 is 0 Å². The summed E-state index contributed by atoms with van der Waals surface area (Å²) in [5.41, 5.74) is 2.24. The van der Waals surface area contributed by atoms with Gasteiger partial charge in [-0.05, 0) is 32.4 Å². The Morgan fingerprint density at radius 1 is 1.32 bits per heavy atom. The zero-order valence-corrected chi connectivity index (χ0v) is 15.0. The van der Waals surface area contributed by atoms with E-state index in [-0.39, 0.29) is 29.0 Å². The number of nitrogens with one attached hydrogen (secondary N) is 1. The van der Waals surface area contributed by atoms with E-state index in [9.17, 15) is 9.59 Å². The first-order valence-corrected chi connectivity index (χ1v) is 8.35. The molecule has 1 aliphatic heterocycles. The molecule has 0 radical (unpaired) electrons. The van der Waals surface area contributed by atoms with Crippen molar-refractivity contribution < 1.29 is 14.1 Å². The van der Waals surface area contributed by atoms with Crippen LogP contribution >= 0.6 is 0 Å². The Morgan fingerprint density at radius 2 is 2.08 bits per heavy atom. The second-order valence-electron chi connectivity index (χ2n) is 6.72. The fourth-order valence-corrected chi connectivity index (χ4v) is 3.23. The van der Waals surface area contributed by atoms with Gasteiger partial charge in [0.2, 0.25) is 0 Å². The smallest absolute Gasteiger partial charge is 0.263 e. The SMILES string of the molecule is Cc1cc(C[C@@H]2COC[C@@H]2NC(=O)c2c(C)cc(C)n(C)c2=O)on1. The molecule has 3 heterocycles. The number of carbonyl (C=O) groups excluding carboxylic acids is 1. The fraction of sp³-hybridized carbons (Fsp3) is 0.500. The summed E-state index contributed by atoms with van der Waals surface area (Å²) >= 11 is 0. The van der Waals surface area contributed by atoms with Gasteiger partial charge in [0, 0.05) is 31.1 Å². The molecule has 1 aliphatic rings. The van der Waals surface area contributed by atoms with E-state index in [0.717, 1.165) is 17.1 Å². The van der Waals surface area contributed by atoms with E-state index in [1.54, 1.807) is 14.0 Å². The predicted molar refractivity (Wildman–Crippen MR) is 91.7 cm³/mol. The van der Waals surface area contributed by atoms with Gasteiger partial charge in [0.1, 0.15) is 11.3 Å². The largest absolute Gasteiger partial charge is 0.379 e. The van der Waals surface area contributed by atoms with Crippen LogP contribution in [0.5, 0.6) is 0 Å². The standard InChI is InChI=1S/C18H23N3O4/c1-10-5-12(3)21(4)18(23)16(10)17(22)19-15-9-24-8-13(15)7-14-6-11(2)20-25-14/h5-6,13,15H,7-9H2,1-4H3,(H,19,22)/t13-,15+/m1/s1. The predicted octanol–water partition coefficient (Wildman–Crippen LogP) is 1.29. The van der Waals surface area contributed by atoms with Crippen molar-refractivity contribution in [2.45, 2.75) is 33.2 Å². The molecule has 2 aromatic rings. The molecule has 3 rings (SSSR count). The summed E-state index contributed by atoms with van der Waals surface area (Å²) < 4.78 is 12.3. The van der Waals surface area contributed by atoms with E-state index in [4.69, 9.17) is 9.26 Å². The quantitative estimate of drug-likeness (QED) is 0.902. The minimum atomic E-state index is -0.354. The molecular formula is C18H23N3O4. The van der Waals surface area contributed by atoms with Crippen LogP contribution in [0.2, 0.25) is 0 Å². The zero-order valence-electron chi connectivity index (χ0n) is 15.0. The van der Waals surface area contributed by atoms with Crippen molar-refractivity contribution in [1.82, 2.24) is 15.0 Å². The minimum Gasteiger partial charge on any atom is -0.379 e. The van der Waals surface area contributed by atoms with E-state index in [2.05, 4.69) is 10.5 Å². The Balaban J connectivity index is 1.76. The van der Waals surface area contributed by atoms with Crippen LogP contribution in [0.15, 0.2) is 21.5 Å². The summed E-state index contributed by atoms with van der Waals surface area (Å²) in [7, 11) is 1.67. The summed E-state index contributed by atoms with van der Waals surface area (Å²) in [5, 5.41) is 6.85. The van der Waals surface area contributed by atoms with E-state index < -0.39 is 0 Å². The summed E-state index contributed by atoms with van der Waals surface area (Å²) in [6.45, 7) is 6.46. The molecule has 7 heteroatoms. The molecule has 1 saturated heterocycles. The van der Waals surface area contributed by atoms with Crippen molar-refractivity contribution in [2.24, 2.45) is 13.0 Å². The van der Waals surface area contributed by atoms with Gasteiger partial charge in [-0.2, -0.15) is 0 Å². The van der Waals surface area contributed by atoms with Gasteiger partial charge in [0.15, 0.2) is 0 Å². The van der Waals surface area contributed by atoms with Crippen LogP contribution in [0.25, 0.3) is 0 Å². The first-order valence-electron chi connectivity index (χ1n) is 8.35. The Morgan fingerprint density at radius 3 is 2.76 bits per heavy atom. The van der Waals surface area contributed by atoms with Crippen molar-refractivity contribution >= 4 is 5.91 Å². The average molecular weight is 345 g/mol. The number of rotatable bonds is 4. The monoisotopic (exact) mass is 345 g/mol. The Labute approximate surface area is 146 Å².